The largest absolute Gasteiger partial charge is 0.442 e. The molecule has 3 amide bonds. The Balaban J connectivity index is 1.64. The highest BCUT2D eigenvalue weighted by molar-refractivity contribution is 5.90. The van der Waals surface area contributed by atoms with Gasteiger partial charge in [-0.3, -0.25) is 14.5 Å². The van der Waals surface area contributed by atoms with E-state index in [0.29, 0.717) is 31.0 Å². The van der Waals surface area contributed by atoms with Gasteiger partial charge in [-0.1, -0.05) is 6.92 Å². The lowest BCUT2D eigenvalue weighted by atomic mass is 9.98. The third-order valence-corrected chi connectivity index (χ3v) is 5.51. The van der Waals surface area contributed by atoms with Crippen LogP contribution in [0.15, 0.2) is 18.2 Å². The summed E-state index contributed by atoms with van der Waals surface area (Å²) in [6.07, 6.45) is -1.06. The summed E-state index contributed by atoms with van der Waals surface area (Å²) in [6.45, 7) is 4.94. The first-order valence-electron chi connectivity index (χ1n) is 9.93. The molecule has 0 radical (unpaired) electrons. The molecule has 2 heterocycles. The number of carbonyl (C=O) groups is 3. The van der Waals surface area contributed by atoms with Crippen molar-refractivity contribution in [2.24, 2.45) is 11.8 Å². The number of nitrogens with one attached hydrogen (secondary N) is 2. The summed E-state index contributed by atoms with van der Waals surface area (Å²) in [5.74, 6) is -0.703. The van der Waals surface area contributed by atoms with E-state index < -0.39 is 30.5 Å². The Morgan fingerprint density at radius 1 is 1.23 bits per heavy atom. The van der Waals surface area contributed by atoms with Crippen molar-refractivity contribution >= 4 is 29.3 Å². The Kier molecular flexibility index (Phi) is 6.76. The van der Waals surface area contributed by atoms with Gasteiger partial charge < -0.3 is 25.4 Å². The second kappa shape index (κ2) is 9.29. The van der Waals surface area contributed by atoms with Crippen LogP contribution < -0.4 is 20.4 Å². The Morgan fingerprint density at radius 2 is 2.00 bits per heavy atom. The van der Waals surface area contributed by atoms with Gasteiger partial charge >= 0.3 is 6.09 Å². The maximum atomic E-state index is 14.9. The molecule has 3 rings (SSSR count). The number of aliphatic hydroxyl groups is 1. The number of nitrogens with zero attached hydrogens (tertiary/aromatic N) is 2. The van der Waals surface area contributed by atoms with Gasteiger partial charge in [0.25, 0.3) is 0 Å². The van der Waals surface area contributed by atoms with Gasteiger partial charge in [-0.05, 0) is 30.0 Å². The number of hydrogen-bond acceptors (Lipinski definition) is 6. The Hall–Kier alpha value is -2.88. The van der Waals surface area contributed by atoms with E-state index in [-0.39, 0.29) is 30.8 Å². The molecule has 3 unspecified atom stereocenters. The normalized spacial score (nSPS) is 23.5. The fourth-order valence-corrected chi connectivity index (χ4v) is 3.81. The van der Waals surface area contributed by atoms with Gasteiger partial charge in [-0.25, -0.2) is 9.18 Å². The summed E-state index contributed by atoms with van der Waals surface area (Å²) in [4.78, 5) is 37.7. The standard InChI is InChI=1S/C20H27FN4O5/c1-12-8-24(9-14(12)6-23-19(28)11-26)18-4-3-15(5-17(18)21)25-10-16(30-20(25)29)7-22-13(2)27/h3-5,12,14,16,26H,6-11H2,1-2H3,(H,22,27)(H,23,28). The highest BCUT2D eigenvalue weighted by Gasteiger charge is 2.34. The van der Waals surface area contributed by atoms with E-state index in [2.05, 4.69) is 10.6 Å². The van der Waals surface area contributed by atoms with Crippen LogP contribution >= 0.6 is 0 Å². The van der Waals surface area contributed by atoms with Crippen molar-refractivity contribution < 1.29 is 28.6 Å². The van der Waals surface area contributed by atoms with Gasteiger partial charge in [-0.15, -0.1) is 0 Å². The molecule has 2 aliphatic heterocycles. The molecule has 10 heteroatoms. The first kappa shape index (κ1) is 21.8. The van der Waals surface area contributed by atoms with Crippen LogP contribution in [0.3, 0.4) is 0 Å². The lowest BCUT2D eigenvalue weighted by Gasteiger charge is -2.21. The second-order valence-electron chi connectivity index (χ2n) is 7.79. The zero-order chi connectivity index (χ0) is 21.8. The molecule has 164 valence electrons. The lowest BCUT2D eigenvalue weighted by molar-refractivity contribution is -0.124. The fraction of sp³-hybridized carbons (Fsp3) is 0.550. The number of halogens is 1. The number of amides is 3. The molecule has 0 aromatic heterocycles. The number of ether oxygens (including phenoxy) is 1. The van der Waals surface area contributed by atoms with Gasteiger partial charge in [0.15, 0.2) is 0 Å². The van der Waals surface area contributed by atoms with E-state index >= 15 is 0 Å². The number of aliphatic hydroxyl groups excluding tert-OH is 1. The Labute approximate surface area is 174 Å². The van der Waals surface area contributed by atoms with Gasteiger partial charge in [0.05, 0.1) is 24.5 Å². The zero-order valence-corrected chi connectivity index (χ0v) is 17.1. The minimum atomic E-state index is -0.577. The van der Waals surface area contributed by atoms with Crippen LogP contribution in [-0.4, -0.2) is 68.4 Å². The zero-order valence-electron chi connectivity index (χ0n) is 17.1. The topological polar surface area (TPSA) is 111 Å². The summed E-state index contributed by atoms with van der Waals surface area (Å²) in [5, 5.41) is 14.1. The maximum absolute atomic E-state index is 14.9. The predicted octanol–water partition coefficient (Wildman–Crippen LogP) is 0.468. The smallest absolute Gasteiger partial charge is 0.414 e. The number of hydrogen-bond donors (Lipinski definition) is 3. The minimum absolute atomic E-state index is 0.141. The molecule has 3 N–H and O–H groups in total. The third-order valence-electron chi connectivity index (χ3n) is 5.51. The van der Waals surface area contributed by atoms with Gasteiger partial charge in [0, 0.05) is 26.6 Å². The molecule has 0 aliphatic carbocycles. The minimum Gasteiger partial charge on any atom is -0.442 e. The van der Waals surface area contributed by atoms with Crippen molar-refractivity contribution in [3.63, 3.8) is 0 Å². The first-order chi connectivity index (χ1) is 14.3. The van der Waals surface area contributed by atoms with E-state index in [1.807, 2.05) is 11.8 Å². The van der Waals surface area contributed by atoms with Crippen molar-refractivity contribution in [1.29, 1.82) is 0 Å². The maximum Gasteiger partial charge on any atom is 0.414 e. The monoisotopic (exact) mass is 422 g/mol. The quantitative estimate of drug-likeness (QED) is 0.589. The molecule has 30 heavy (non-hydrogen) atoms. The molecule has 2 fully saturated rings. The summed E-state index contributed by atoms with van der Waals surface area (Å²) >= 11 is 0. The lowest BCUT2D eigenvalue weighted by Crippen LogP contribution is -2.34. The molecule has 0 spiro atoms. The summed E-state index contributed by atoms with van der Waals surface area (Å²) in [6, 6.07) is 4.62. The number of rotatable bonds is 7. The molecule has 9 nitrogen and oxygen atoms in total. The second-order valence-corrected chi connectivity index (χ2v) is 7.79. The molecule has 0 saturated carbocycles. The van der Waals surface area contributed by atoms with Crippen LogP contribution in [0.4, 0.5) is 20.6 Å². The average Bonchev–Trinajstić information content (AvgIpc) is 3.26. The SMILES string of the molecule is CC(=O)NCC1CN(c2ccc(N3CC(C)C(CNC(=O)CO)C3)c(F)c2)C(=O)O1. The third kappa shape index (κ3) is 4.99. The highest BCUT2D eigenvalue weighted by atomic mass is 19.1. The van der Waals surface area contributed by atoms with Crippen LogP contribution in [-0.2, 0) is 14.3 Å². The van der Waals surface area contributed by atoms with Crippen LogP contribution in [0.2, 0.25) is 0 Å². The highest BCUT2D eigenvalue weighted by Crippen LogP contribution is 2.32. The molecule has 2 saturated heterocycles. The number of cyclic esters (lactones) is 1. The van der Waals surface area contributed by atoms with Crippen LogP contribution in [0.1, 0.15) is 13.8 Å². The number of anilines is 2. The first-order valence-corrected chi connectivity index (χ1v) is 9.93. The molecule has 1 aromatic rings. The predicted molar refractivity (Wildman–Crippen MR) is 108 cm³/mol. The summed E-state index contributed by atoms with van der Waals surface area (Å²) in [5.41, 5.74) is 0.828. The fourth-order valence-electron chi connectivity index (χ4n) is 3.81. The van der Waals surface area contributed by atoms with Gasteiger partial charge in [0.1, 0.15) is 18.5 Å². The van der Waals surface area contributed by atoms with Gasteiger partial charge in [0.2, 0.25) is 11.8 Å². The number of benzene rings is 1. The molecular formula is C20H27FN4O5. The Bertz CT molecular complexity index is 820. The van der Waals surface area contributed by atoms with Crippen molar-refractivity contribution in [3.8, 4) is 0 Å². The van der Waals surface area contributed by atoms with E-state index in [1.54, 1.807) is 12.1 Å². The molecule has 1 aromatic carbocycles. The van der Waals surface area contributed by atoms with Crippen molar-refractivity contribution in [1.82, 2.24) is 10.6 Å². The van der Waals surface area contributed by atoms with E-state index in [9.17, 15) is 18.8 Å². The van der Waals surface area contributed by atoms with Crippen LogP contribution in [0.5, 0.6) is 0 Å². The average molecular weight is 422 g/mol. The molecule has 3 atom stereocenters. The van der Waals surface area contributed by atoms with Gasteiger partial charge in [-0.2, -0.15) is 0 Å². The molecule has 0 bridgehead atoms. The van der Waals surface area contributed by atoms with Crippen molar-refractivity contribution in [3.05, 3.63) is 24.0 Å². The van der Waals surface area contributed by atoms with E-state index in [4.69, 9.17) is 9.84 Å². The summed E-state index contributed by atoms with van der Waals surface area (Å²) in [7, 11) is 0. The van der Waals surface area contributed by atoms with Crippen LogP contribution in [0, 0.1) is 17.7 Å². The van der Waals surface area contributed by atoms with E-state index in [0.717, 1.165) is 0 Å². The van der Waals surface area contributed by atoms with E-state index in [1.165, 1.54) is 17.9 Å². The molecule has 2 aliphatic rings. The molecular weight excluding hydrogens is 395 g/mol. The summed E-state index contributed by atoms with van der Waals surface area (Å²) < 4.78 is 20.1. The number of carbonyl (C=O) groups excluding carboxylic acids is 3. The van der Waals surface area contributed by atoms with Crippen molar-refractivity contribution in [2.45, 2.75) is 20.0 Å². The van der Waals surface area contributed by atoms with Crippen molar-refractivity contribution in [2.75, 3.05) is 49.1 Å². The Morgan fingerprint density at radius 3 is 2.67 bits per heavy atom. The van der Waals surface area contributed by atoms with Crippen LogP contribution in [0.25, 0.3) is 0 Å².